The number of nitrogens with zero attached hydrogens (tertiary/aromatic N) is 6. The molecular formula is C90H134BF9IN15O11S. The number of carbonyl (C=O) groups excluding carboxylic acids is 3. The lowest BCUT2D eigenvalue weighted by Crippen LogP contribution is -2.50. The first-order chi connectivity index (χ1) is 59.3. The van der Waals surface area contributed by atoms with Crippen molar-refractivity contribution in [1.82, 2.24) is 29.7 Å². The lowest BCUT2D eigenvalue weighted by atomic mass is 9.76. The van der Waals surface area contributed by atoms with Crippen LogP contribution in [0.3, 0.4) is 0 Å². The van der Waals surface area contributed by atoms with Crippen molar-refractivity contribution in [3.8, 4) is 22.3 Å². The molecule has 7 fully saturated rings. The number of aliphatic hydroxyl groups is 3. The van der Waals surface area contributed by atoms with Crippen molar-refractivity contribution in [1.29, 1.82) is 0 Å². The van der Waals surface area contributed by atoms with Gasteiger partial charge in [-0.2, -0.15) is 53.0 Å². The minimum atomic E-state index is -4.22. The highest BCUT2D eigenvalue weighted by Gasteiger charge is 2.53. The second-order valence-electron chi connectivity index (χ2n) is 35.3. The molecular weight excluding hydrogens is 1810 g/mol. The largest absolute Gasteiger partial charge is 0.495 e. The molecule has 7 heterocycles. The van der Waals surface area contributed by atoms with Crippen molar-refractivity contribution in [3.05, 3.63) is 111 Å². The Labute approximate surface area is 768 Å². The number of pyridine rings is 3. The molecule has 15 N–H and O–H groups in total. The Morgan fingerprint density at radius 2 is 0.734 bits per heavy atom. The second kappa shape index (κ2) is 47.8. The first-order valence-electron chi connectivity index (χ1n) is 43.4. The number of anilines is 9. The molecule has 3 atom stereocenters. The fourth-order valence-electron chi connectivity index (χ4n) is 16.0. The topological polar surface area (TPSA) is 357 Å². The van der Waals surface area contributed by atoms with E-state index in [-0.39, 0.29) is 68.1 Å². The molecule has 4 aliphatic heterocycles. The lowest BCUT2D eigenvalue weighted by Gasteiger charge is -2.43. The second-order valence-corrected chi connectivity index (χ2v) is 36.5. The van der Waals surface area contributed by atoms with Crippen molar-refractivity contribution < 1.29 is 92.7 Å². The number of benzene rings is 3. The van der Waals surface area contributed by atoms with Crippen LogP contribution in [0.4, 0.5) is 106 Å². The van der Waals surface area contributed by atoms with E-state index in [1.165, 1.54) is 14.7 Å². The number of likely N-dealkylation sites (tertiary alicyclic amines) is 3. The molecule has 26 nitrogen and oxygen atoms in total. The van der Waals surface area contributed by atoms with Gasteiger partial charge in [-0.15, -0.1) is 0 Å². The summed E-state index contributed by atoms with van der Waals surface area (Å²) in [6.45, 7) is 38.0. The maximum atomic E-state index is 12.7. The van der Waals surface area contributed by atoms with Crippen molar-refractivity contribution >= 4 is 119 Å². The van der Waals surface area contributed by atoms with Crippen LogP contribution in [0.25, 0.3) is 22.3 Å². The van der Waals surface area contributed by atoms with E-state index in [1.54, 1.807) is 36.4 Å². The van der Waals surface area contributed by atoms with Crippen molar-refractivity contribution in [2.45, 2.75) is 252 Å². The van der Waals surface area contributed by atoms with Crippen LogP contribution in [0.2, 0.25) is 0 Å². The third kappa shape index (κ3) is 34.9. The minimum absolute atomic E-state index is 0. The summed E-state index contributed by atoms with van der Waals surface area (Å²) in [5.41, 5.74) is 25.0. The van der Waals surface area contributed by atoms with E-state index in [4.69, 9.17) is 40.7 Å². The molecule has 0 bridgehead atoms. The molecule has 3 aromatic carbocycles. The normalized spacial score (nSPS) is 22.9. The Morgan fingerprint density at radius 1 is 0.453 bits per heavy atom. The molecule has 0 spiro atoms. The van der Waals surface area contributed by atoms with Gasteiger partial charge in [-0.1, -0.05) is 23.8 Å². The van der Waals surface area contributed by atoms with Crippen LogP contribution in [-0.2, 0) is 23.5 Å². The molecule has 3 aromatic heterocycles. The molecule has 6 aromatic rings. The molecule has 714 valence electrons. The quantitative estimate of drug-likeness (QED) is 0.0181. The number of amides is 6. The zero-order valence-electron chi connectivity index (χ0n) is 76.5. The standard InChI is InChI=1S/2C24H30F3N5O2.C20H28BF3N2O3.C10H14IN3O.3C4H10O.H2S/c2*1-14-3-4-17(29-22(34)32-6-5-15(13-32)10-24(25,26)27)9-19(14)16-7-20(28)30-21(8-16)31-23(2)11-18(33)12-23;1-13-6-7-15(10-16(13)21-28-18(2,3)19(4,5)29-21)25-17(27)26-9-8-14(12-26)11-20(22,23)24;1-10(4-7(15)5-10)14-9-3-6(11)2-8(12)13-9;3*1-3-5-4-2;/h2*3-4,7-9,15,18,33H,5-6,10-13H2,1-2H3,(H,29,34)(H3,28,30,31);6-7,10,14H,8-9,11-12H2,1-5H3,(H,25,27);2-3,7,15H,4-5H2,1H3,(H3,12,13,14);3*3-4H2,1-2H3;1H2/t2*15-,18?,23?;14-;;;;;/m000...../s1. The highest BCUT2D eigenvalue weighted by Crippen LogP contribution is 2.43. The van der Waals surface area contributed by atoms with Crippen molar-refractivity contribution in [2.24, 2.45) is 17.8 Å². The summed E-state index contributed by atoms with van der Waals surface area (Å²) in [5.74, 6) is 1.51. The van der Waals surface area contributed by atoms with E-state index < -0.39 is 92.0 Å². The molecule has 0 unspecified atom stereocenters. The number of aromatic nitrogens is 3. The minimum Gasteiger partial charge on any atom is -0.399 e. The number of rotatable bonds is 21. The summed E-state index contributed by atoms with van der Waals surface area (Å²) >= 11 is 2.21. The van der Waals surface area contributed by atoms with Crippen LogP contribution in [-0.4, -0.2) is 214 Å². The van der Waals surface area contributed by atoms with E-state index in [2.05, 4.69) is 76.4 Å². The number of nitrogens with one attached hydrogen (secondary N) is 6. The van der Waals surface area contributed by atoms with Gasteiger partial charge in [0.2, 0.25) is 0 Å². The van der Waals surface area contributed by atoms with Crippen molar-refractivity contribution in [3.63, 3.8) is 0 Å². The molecule has 4 saturated heterocycles. The third-order valence-electron chi connectivity index (χ3n) is 23.0. The van der Waals surface area contributed by atoms with Gasteiger partial charge in [0, 0.05) is 135 Å². The van der Waals surface area contributed by atoms with E-state index in [9.17, 15) is 69.2 Å². The average Bonchev–Trinajstić information content (AvgIpc) is 1.58. The predicted molar refractivity (Wildman–Crippen MR) is 503 cm³/mol. The lowest BCUT2D eigenvalue weighted by molar-refractivity contribution is -0.144. The van der Waals surface area contributed by atoms with Crippen LogP contribution in [0.1, 0.15) is 184 Å². The maximum Gasteiger partial charge on any atom is 0.495 e. The van der Waals surface area contributed by atoms with Gasteiger partial charge in [0.1, 0.15) is 34.9 Å². The van der Waals surface area contributed by atoms with Crippen LogP contribution >= 0.6 is 36.1 Å². The zero-order chi connectivity index (χ0) is 94.4. The SMILES string of the molecule is CC1(Nc2cc(I)cc(N)n2)CC(O)C1.CCOCC.CCOCC.CCOCC.Cc1ccc(NC(=O)N2CC[C@@H](CC(F)(F)F)C2)cc1-c1cc(N)nc(NC2(C)CC(O)C2)c1.Cc1ccc(NC(=O)N2CC[C@@H](CC(F)(F)F)C2)cc1-c1cc(N)nc(NC2(C)CC(O)C2)c1.Cc1ccc(NC(=O)N2CC[C@@H](CC(F)(F)F)C2)cc1B1OC(C)(C)C(C)(C)O1.S. The average molecular weight is 1940 g/mol. The fourth-order valence-corrected chi connectivity index (χ4v) is 16.6. The van der Waals surface area contributed by atoms with E-state index >= 15 is 0 Å². The Morgan fingerprint density at radius 3 is 1.01 bits per heavy atom. The van der Waals surface area contributed by atoms with Gasteiger partial charge in [-0.05, 0) is 321 Å². The monoisotopic (exact) mass is 1940 g/mol. The van der Waals surface area contributed by atoms with E-state index in [0.29, 0.717) is 111 Å². The molecule has 38 heteroatoms. The number of nitrogens with two attached hydrogens (primary N) is 3. The number of hydrogen-bond donors (Lipinski definition) is 12. The van der Waals surface area contributed by atoms with Gasteiger partial charge in [-0.3, -0.25) is 0 Å². The number of urea groups is 3. The highest BCUT2D eigenvalue weighted by molar-refractivity contribution is 14.1. The number of aliphatic hydroxyl groups excluding tert-OH is 3. The maximum absolute atomic E-state index is 12.7. The highest BCUT2D eigenvalue weighted by atomic mass is 127. The summed E-state index contributed by atoms with van der Waals surface area (Å²) in [7, 11) is -0.556. The van der Waals surface area contributed by atoms with Crippen LogP contribution in [0.5, 0.6) is 0 Å². The summed E-state index contributed by atoms with van der Waals surface area (Å²) in [5, 5.41) is 47.0. The zero-order valence-corrected chi connectivity index (χ0v) is 79.6. The Bertz CT molecular complexity index is 4320. The van der Waals surface area contributed by atoms with Crippen LogP contribution in [0, 0.1) is 42.1 Å². The third-order valence-corrected chi connectivity index (χ3v) is 23.7. The molecule has 3 aliphatic carbocycles. The molecule has 128 heavy (non-hydrogen) atoms. The van der Waals surface area contributed by atoms with E-state index in [0.717, 1.165) is 106 Å². The number of ether oxygens (including phenoxy) is 3. The summed E-state index contributed by atoms with van der Waals surface area (Å²) in [6.07, 6.45) is -11.0. The smallest absolute Gasteiger partial charge is 0.399 e. The predicted octanol–water partition coefficient (Wildman–Crippen LogP) is 18.5. The first-order valence-corrected chi connectivity index (χ1v) is 44.5. The van der Waals surface area contributed by atoms with Crippen molar-refractivity contribution in [2.75, 3.05) is 128 Å². The number of hydrogen-bond acceptors (Lipinski definition) is 20. The van der Waals surface area contributed by atoms with Crippen LogP contribution < -0.4 is 54.6 Å². The molecule has 7 aliphatic rings. The van der Waals surface area contributed by atoms with Gasteiger partial charge in [0.15, 0.2) is 0 Å². The summed E-state index contributed by atoms with van der Waals surface area (Å²) in [6, 6.07) is 26.2. The number of halogens is 10. The summed E-state index contributed by atoms with van der Waals surface area (Å²) in [4.78, 5) is 55.1. The number of aryl methyl sites for hydroxylation is 3. The van der Waals surface area contributed by atoms with Gasteiger partial charge >= 0.3 is 43.7 Å². The molecule has 0 radical (unpaired) electrons. The van der Waals surface area contributed by atoms with Gasteiger partial charge in [0.25, 0.3) is 0 Å². The molecule has 13 rings (SSSR count). The Balaban J connectivity index is 0.000000255. The summed E-state index contributed by atoms with van der Waals surface area (Å²) < 4.78 is 141. The van der Waals surface area contributed by atoms with Gasteiger partial charge in [-0.25, -0.2) is 29.3 Å². The Kier molecular flexibility index (Phi) is 40.6. The Hall–Kier alpha value is -8.09. The number of alkyl halides is 9. The fraction of sp³-hybridized carbons (Fsp3) is 0.600. The van der Waals surface area contributed by atoms with Crippen LogP contribution in [0.15, 0.2) is 91.0 Å². The molecule has 3 saturated carbocycles. The van der Waals surface area contributed by atoms with Gasteiger partial charge < -0.3 is 103 Å². The van der Waals surface area contributed by atoms with Gasteiger partial charge in [0.05, 0.1) is 29.5 Å². The van der Waals surface area contributed by atoms with E-state index in [1.807, 2.05) is 158 Å². The number of nitrogen functional groups attached to an aromatic ring is 3. The first kappa shape index (κ1) is 109. The number of carbonyl (C=O) groups is 3. The molecule has 6 amide bonds.